The first kappa shape index (κ1) is 21.0. The zero-order valence-corrected chi connectivity index (χ0v) is 17.3. The third kappa shape index (κ3) is 5.32. The predicted molar refractivity (Wildman–Crippen MR) is 113 cm³/mol. The number of hydrogen-bond donors (Lipinski definition) is 1. The van der Waals surface area contributed by atoms with Crippen LogP contribution in [-0.2, 0) is 16.8 Å². The first-order valence-corrected chi connectivity index (χ1v) is 9.86. The van der Waals surface area contributed by atoms with Crippen molar-refractivity contribution in [2.24, 2.45) is 0 Å². The second kappa shape index (κ2) is 9.04. The summed E-state index contributed by atoms with van der Waals surface area (Å²) in [6.07, 6.45) is 3.47. The van der Waals surface area contributed by atoms with Crippen molar-refractivity contribution in [1.29, 1.82) is 0 Å². The quantitative estimate of drug-likeness (QED) is 0.547. The molecule has 1 N–H and O–H groups in total. The van der Waals surface area contributed by atoms with E-state index in [-0.39, 0.29) is 16.6 Å². The van der Waals surface area contributed by atoms with Gasteiger partial charge in [-0.2, -0.15) is 0 Å². The minimum atomic E-state index is -0.283. The average molecular weight is 385 g/mol. The van der Waals surface area contributed by atoms with Gasteiger partial charge in [0, 0.05) is 18.7 Å². The van der Waals surface area contributed by atoms with Crippen molar-refractivity contribution in [2.45, 2.75) is 50.1 Å². The number of nitrogens with zero attached hydrogens (tertiary/aromatic N) is 3. The van der Waals surface area contributed by atoms with Crippen molar-refractivity contribution in [3.63, 3.8) is 0 Å². The summed E-state index contributed by atoms with van der Waals surface area (Å²) in [5.41, 5.74) is 2.36. The highest BCUT2D eigenvalue weighted by molar-refractivity contribution is 8.00. The fourth-order valence-corrected chi connectivity index (χ4v) is 3.41. The first-order valence-electron chi connectivity index (χ1n) is 8.98. The van der Waals surface area contributed by atoms with E-state index in [1.807, 2.05) is 17.6 Å². The number of thioether (sulfide) groups is 1. The molecule has 2 aromatic rings. The van der Waals surface area contributed by atoms with Gasteiger partial charge in [0.2, 0.25) is 5.91 Å². The van der Waals surface area contributed by atoms with Crippen molar-refractivity contribution in [1.82, 2.24) is 20.1 Å². The zero-order chi connectivity index (χ0) is 20.0. The van der Waals surface area contributed by atoms with E-state index in [2.05, 4.69) is 73.7 Å². The van der Waals surface area contributed by atoms with Crippen molar-refractivity contribution < 1.29 is 4.79 Å². The maximum absolute atomic E-state index is 12.1. The van der Waals surface area contributed by atoms with E-state index in [1.165, 1.54) is 17.3 Å². The summed E-state index contributed by atoms with van der Waals surface area (Å²) in [5.74, 6) is 0.723. The molecule has 0 aliphatic carbocycles. The Kier molecular flexibility index (Phi) is 7.02. The summed E-state index contributed by atoms with van der Waals surface area (Å²) < 4.78 is 1.99. The van der Waals surface area contributed by atoms with Gasteiger partial charge in [0.1, 0.15) is 0 Å². The molecule has 0 aliphatic heterocycles. The van der Waals surface area contributed by atoms with Gasteiger partial charge < -0.3 is 5.32 Å². The van der Waals surface area contributed by atoms with E-state index in [9.17, 15) is 4.79 Å². The van der Waals surface area contributed by atoms with Gasteiger partial charge in [0.05, 0.1) is 5.25 Å². The third-order valence-corrected chi connectivity index (χ3v) is 5.19. The maximum Gasteiger partial charge on any atom is 0.233 e. The molecular formula is C21H28N4OS. The van der Waals surface area contributed by atoms with Gasteiger partial charge in [-0.05, 0) is 17.9 Å². The molecule has 0 spiro atoms. The highest BCUT2D eigenvalue weighted by Crippen LogP contribution is 2.29. The van der Waals surface area contributed by atoms with Crippen molar-refractivity contribution >= 4 is 17.7 Å². The van der Waals surface area contributed by atoms with E-state index >= 15 is 0 Å². The minimum Gasteiger partial charge on any atom is -0.352 e. The molecule has 0 fully saturated rings. The van der Waals surface area contributed by atoms with Crippen LogP contribution in [0.5, 0.6) is 0 Å². The van der Waals surface area contributed by atoms with Crippen LogP contribution in [0.2, 0.25) is 0 Å². The Morgan fingerprint density at radius 3 is 2.44 bits per heavy atom. The molecule has 0 aliphatic rings. The summed E-state index contributed by atoms with van der Waals surface area (Å²) in [7, 11) is 0. The summed E-state index contributed by atoms with van der Waals surface area (Å²) in [4.78, 5) is 12.1. The number of hydrogen-bond acceptors (Lipinski definition) is 4. The molecule has 5 nitrogen and oxygen atoms in total. The lowest BCUT2D eigenvalue weighted by Gasteiger charge is -2.19. The van der Waals surface area contributed by atoms with Crippen LogP contribution in [0.15, 0.2) is 54.7 Å². The van der Waals surface area contributed by atoms with E-state index in [1.54, 1.807) is 6.08 Å². The molecule has 1 unspecified atom stereocenters. The number of nitrogens with one attached hydrogen (secondary N) is 1. The van der Waals surface area contributed by atoms with Crippen LogP contribution in [0, 0.1) is 0 Å². The number of benzene rings is 1. The standard InChI is InChI=1S/C21H28N4OS/c1-7-13-22-19(26)15(3)27-20-24-23-18(25(20)14-8-2)16-9-11-17(12-10-16)21(4,5)6/h7-12,15H,1-2,13-14H2,3-6H3,(H,22,26). The zero-order valence-electron chi connectivity index (χ0n) is 16.5. The number of aromatic nitrogens is 3. The molecule has 0 saturated heterocycles. The lowest BCUT2D eigenvalue weighted by Crippen LogP contribution is -2.31. The van der Waals surface area contributed by atoms with Crippen LogP contribution in [0.4, 0.5) is 0 Å². The van der Waals surface area contributed by atoms with Crippen LogP contribution < -0.4 is 5.32 Å². The number of allylic oxidation sites excluding steroid dienone is 1. The van der Waals surface area contributed by atoms with Gasteiger partial charge in [-0.15, -0.1) is 23.4 Å². The van der Waals surface area contributed by atoms with Gasteiger partial charge in [0.25, 0.3) is 0 Å². The fourth-order valence-electron chi connectivity index (χ4n) is 2.53. The Bertz CT molecular complexity index is 803. The molecule has 0 bridgehead atoms. The maximum atomic E-state index is 12.1. The van der Waals surface area contributed by atoms with Crippen LogP contribution in [-0.4, -0.2) is 32.5 Å². The monoisotopic (exact) mass is 384 g/mol. The first-order chi connectivity index (χ1) is 12.8. The molecule has 27 heavy (non-hydrogen) atoms. The molecule has 0 saturated carbocycles. The molecule has 2 rings (SSSR count). The molecule has 0 radical (unpaired) electrons. The molecular weight excluding hydrogens is 356 g/mol. The highest BCUT2D eigenvalue weighted by Gasteiger charge is 2.20. The topological polar surface area (TPSA) is 59.8 Å². The summed E-state index contributed by atoms with van der Waals surface area (Å²) in [6, 6.07) is 8.39. The Morgan fingerprint density at radius 2 is 1.89 bits per heavy atom. The van der Waals surface area contributed by atoms with Gasteiger partial charge in [-0.25, -0.2) is 0 Å². The van der Waals surface area contributed by atoms with Crippen molar-refractivity contribution in [3.8, 4) is 11.4 Å². The number of carbonyl (C=O) groups is 1. The lowest BCUT2D eigenvalue weighted by atomic mass is 9.87. The highest BCUT2D eigenvalue weighted by atomic mass is 32.2. The molecule has 1 atom stereocenters. The van der Waals surface area contributed by atoms with E-state index in [0.717, 1.165) is 11.4 Å². The molecule has 1 aromatic carbocycles. The Hall–Kier alpha value is -2.34. The van der Waals surface area contributed by atoms with E-state index in [4.69, 9.17) is 0 Å². The number of rotatable bonds is 8. The van der Waals surface area contributed by atoms with E-state index in [0.29, 0.717) is 18.2 Å². The van der Waals surface area contributed by atoms with Gasteiger partial charge in [0.15, 0.2) is 11.0 Å². The minimum absolute atomic E-state index is 0.0517. The van der Waals surface area contributed by atoms with Crippen molar-refractivity contribution in [2.75, 3.05) is 6.54 Å². The molecule has 1 amide bonds. The fraction of sp³-hybridized carbons (Fsp3) is 0.381. The number of carbonyl (C=O) groups excluding carboxylic acids is 1. The normalized spacial score (nSPS) is 12.4. The molecule has 6 heteroatoms. The summed E-state index contributed by atoms with van der Waals surface area (Å²) in [5, 5.41) is 11.9. The van der Waals surface area contributed by atoms with Crippen LogP contribution in [0.25, 0.3) is 11.4 Å². The Balaban J connectivity index is 2.27. The summed E-state index contributed by atoms with van der Waals surface area (Å²) >= 11 is 1.39. The average Bonchev–Trinajstić information content (AvgIpc) is 3.01. The summed E-state index contributed by atoms with van der Waals surface area (Å²) in [6.45, 7) is 16.9. The third-order valence-electron chi connectivity index (χ3n) is 4.11. The predicted octanol–water partition coefficient (Wildman–Crippen LogP) is 4.21. The molecule has 1 aromatic heterocycles. The lowest BCUT2D eigenvalue weighted by molar-refractivity contribution is -0.120. The Morgan fingerprint density at radius 1 is 1.22 bits per heavy atom. The van der Waals surface area contributed by atoms with Crippen LogP contribution in [0.1, 0.15) is 33.3 Å². The SMILES string of the molecule is C=CCNC(=O)C(C)Sc1nnc(-c2ccc(C(C)(C)C)cc2)n1CC=C. The van der Waals surface area contributed by atoms with Gasteiger partial charge in [-0.1, -0.05) is 69.0 Å². The van der Waals surface area contributed by atoms with Gasteiger partial charge in [-0.3, -0.25) is 9.36 Å². The smallest absolute Gasteiger partial charge is 0.233 e. The molecule has 144 valence electrons. The Labute approximate surface area is 166 Å². The number of amides is 1. The largest absolute Gasteiger partial charge is 0.352 e. The van der Waals surface area contributed by atoms with E-state index < -0.39 is 0 Å². The van der Waals surface area contributed by atoms with Gasteiger partial charge >= 0.3 is 0 Å². The molecule has 1 heterocycles. The van der Waals surface area contributed by atoms with Crippen LogP contribution in [0.3, 0.4) is 0 Å². The van der Waals surface area contributed by atoms with Crippen LogP contribution >= 0.6 is 11.8 Å². The van der Waals surface area contributed by atoms with Crippen molar-refractivity contribution in [3.05, 3.63) is 55.1 Å². The second-order valence-corrected chi connectivity index (χ2v) is 8.63. The second-order valence-electron chi connectivity index (χ2n) is 7.33.